The largest absolute Gasteiger partial charge is 0.496 e. The summed E-state index contributed by atoms with van der Waals surface area (Å²) in [6.07, 6.45) is 0. The number of carbonyl (C=O) groups excluding carboxylic acids is 2. The van der Waals surface area contributed by atoms with Crippen molar-refractivity contribution in [1.82, 2.24) is 0 Å². The highest BCUT2D eigenvalue weighted by atomic mass is 16.5. The number of ketones is 1. The van der Waals surface area contributed by atoms with Crippen molar-refractivity contribution in [1.29, 1.82) is 0 Å². The van der Waals surface area contributed by atoms with Crippen LogP contribution in [0.5, 0.6) is 11.5 Å². The van der Waals surface area contributed by atoms with Crippen LogP contribution in [-0.2, 0) is 20.9 Å². The van der Waals surface area contributed by atoms with Gasteiger partial charge in [-0.25, -0.2) is 4.79 Å². The van der Waals surface area contributed by atoms with Gasteiger partial charge in [0.2, 0.25) is 0 Å². The molecule has 1 rings (SSSR count). The number of hydrogen-bond acceptors (Lipinski definition) is 6. The molecule has 0 amide bonds. The van der Waals surface area contributed by atoms with Gasteiger partial charge in [-0.3, -0.25) is 4.79 Å². The van der Waals surface area contributed by atoms with Crippen LogP contribution in [0.2, 0.25) is 0 Å². The van der Waals surface area contributed by atoms with E-state index >= 15 is 0 Å². The van der Waals surface area contributed by atoms with Crippen LogP contribution in [0.25, 0.3) is 0 Å². The van der Waals surface area contributed by atoms with Gasteiger partial charge in [0, 0.05) is 12.7 Å². The summed E-state index contributed by atoms with van der Waals surface area (Å²) in [6, 6.07) is 3.30. The SMILES string of the molecule is CCOC(=O)C(=O)c1c(OC)ccc(COC)c1OC. The third kappa shape index (κ3) is 3.27. The van der Waals surface area contributed by atoms with Crippen LogP contribution in [0.1, 0.15) is 22.8 Å². The predicted molar refractivity (Wildman–Crippen MR) is 71.2 cm³/mol. The summed E-state index contributed by atoms with van der Waals surface area (Å²) in [6.45, 7) is 1.99. The molecule has 0 saturated heterocycles. The van der Waals surface area contributed by atoms with Crippen molar-refractivity contribution in [2.75, 3.05) is 27.9 Å². The third-order valence-corrected chi connectivity index (χ3v) is 2.61. The van der Waals surface area contributed by atoms with Gasteiger partial charge in [0.05, 0.1) is 27.4 Å². The average molecular weight is 282 g/mol. The molecule has 0 spiro atoms. The Kier molecular flexibility index (Phi) is 5.99. The number of Topliss-reactive ketones (excluding diaryl/α,β-unsaturated/α-hetero) is 1. The van der Waals surface area contributed by atoms with Crippen LogP contribution in [0.3, 0.4) is 0 Å². The van der Waals surface area contributed by atoms with E-state index in [1.54, 1.807) is 19.1 Å². The Hall–Kier alpha value is -2.08. The summed E-state index contributed by atoms with van der Waals surface area (Å²) >= 11 is 0. The molecule has 0 radical (unpaired) electrons. The first-order valence-corrected chi connectivity index (χ1v) is 6.04. The number of ether oxygens (including phenoxy) is 4. The fourth-order valence-corrected chi connectivity index (χ4v) is 1.79. The zero-order chi connectivity index (χ0) is 15.1. The molecular formula is C14H18O6. The maximum Gasteiger partial charge on any atom is 0.379 e. The second-order valence-electron chi connectivity index (χ2n) is 3.82. The highest BCUT2D eigenvalue weighted by molar-refractivity contribution is 6.42. The second kappa shape index (κ2) is 7.49. The molecule has 0 N–H and O–H groups in total. The van der Waals surface area contributed by atoms with Gasteiger partial charge in [-0.05, 0) is 19.1 Å². The molecule has 0 atom stereocenters. The molecule has 0 aromatic heterocycles. The van der Waals surface area contributed by atoms with Crippen LogP contribution >= 0.6 is 0 Å². The highest BCUT2D eigenvalue weighted by Crippen LogP contribution is 2.33. The molecule has 0 aliphatic rings. The number of esters is 1. The first-order chi connectivity index (χ1) is 9.60. The number of rotatable bonds is 7. The topological polar surface area (TPSA) is 71.1 Å². The molecule has 110 valence electrons. The monoisotopic (exact) mass is 282 g/mol. The molecule has 6 nitrogen and oxygen atoms in total. The molecule has 20 heavy (non-hydrogen) atoms. The molecule has 0 aliphatic heterocycles. The van der Waals surface area contributed by atoms with E-state index in [-0.39, 0.29) is 30.3 Å². The van der Waals surface area contributed by atoms with E-state index in [1.165, 1.54) is 21.3 Å². The van der Waals surface area contributed by atoms with Crippen molar-refractivity contribution < 1.29 is 28.5 Å². The molecule has 0 saturated carbocycles. The van der Waals surface area contributed by atoms with E-state index in [0.717, 1.165) is 0 Å². The standard InChI is InChI=1S/C14H18O6/c1-5-20-14(16)12(15)11-10(18-3)7-6-9(8-17-2)13(11)19-4/h6-7H,5,8H2,1-4H3. The molecule has 0 fully saturated rings. The quantitative estimate of drug-likeness (QED) is 0.430. The smallest absolute Gasteiger partial charge is 0.379 e. The van der Waals surface area contributed by atoms with Gasteiger partial charge >= 0.3 is 5.97 Å². The fourth-order valence-electron chi connectivity index (χ4n) is 1.79. The molecular weight excluding hydrogens is 264 g/mol. The van der Waals surface area contributed by atoms with Gasteiger partial charge in [0.15, 0.2) is 0 Å². The van der Waals surface area contributed by atoms with Gasteiger partial charge in [0.25, 0.3) is 5.78 Å². The highest BCUT2D eigenvalue weighted by Gasteiger charge is 2.27. The Labute approximate surface area is 117 Å². The Morgan fingerprint density at radius 1 is 1.10 bits per heavy atom. The lowest BCUT2D eigenvalue weighted by molar-refractivity contribution is -0.137. The summed E-state index contributed by atoms with van der Waals surface area (Å²) in [4.78, 5) is 23.8. The zero-order valence-electron chi connectivity index (χ0n) is 12.0. The van der Waals surface area contributed by atoms with Crippen LogP contribution in [0.15, 0.2) is 12.1 Å². The minimum Gasteiger partial charge on any atom is -0.496 e. The lowest BCUT2D eigenvalue weighted by Gasteiger charge is -2.15. The third-order valence-electron chi connectivity index (χ3n) is 2.61. The van der Waals surface area contributed by atoms with Gasteiger partial charge in [0.1, 0.15) is 17.1 Å². The summed E-state index contributed by atoms with van der Waals surface area (Å²) in [5.74, 6) is -1.25. The van der Waals surface area contributed by atoms with Crippen LogP contribution in [0.4, 0.5) is 0 Å². The van der Waals surface area contributed by atoms with Crippen molar-refractivity contribution in [2.24, 2.45) is 0 Å². The van der Waals surface area contributed by atoms with E-state index in [2.05, 4.69) is 0 Å². The minimum absolute atomic E-state index is 0.0444. The van der Waals surface area contributed by atoms with E-state index in [9.17, 15) is 9.59 Å². The summed E-state index contributed by atoms with van der Waals surface area (Å²) < 4.78 is 20.1. The molecule has 6 heteroatoms. The molecule has 0 heterocycles. The van der Waals surface area contributed by atoms with Crippen molar-refractivity contribution in [3.8, 4) is 11.5 Å². The lowest BCUT2D eigenvalue weighted by atomic mass is 10.0. The van der Waals surface area contributed by atoms with Crippen molar-refractivity contribution in [2.45, 2.75) is 13.5 Å². The Morgan fingerprint density at radius 2 is 1.80 bits per heavy atom. The normalized spacial score (nSPS) is 10.0. The predicted octanol–water partition coefficient (Wildman–Crippen LogP) is 1.60. The molecule has 1 aromatic rings. The Balaban J connectivity index is 3.36. The lowest BCUT2D eigenvalue weighted by Crippen LogP contribution is -2.19. The Morgan fingerprint density at radius 3 is 2.30 bits per heavy atom. The number of carbonyl (C=O) groups is 2. The maximum absolute atomic E-state index is 12.2. The number of methoxy groups -OCH3 is 3. The number of benzene rings is 1. The van der Waals surface area contributed by atoms with Crippen LogP contribution in [0, 0.1) is 0 Å². The van der Waals surface area contributed by atoms with Crippen molar-refractivity contribution in [3.63, 3.8) is 0 Å². The van der Waals surface area contributed by atoms with Gasteiger partial charge in [-0.15, -0.1) is 0 Å². The van der Waals surface area contributed by atoms with E-state index in [0.29, 0.717) is 5.56 Å². The van der Waals surface area contributed by atoms with Gasteiger partial charge < -0.3 is 18.9 Å². The molecule has 1 aromatic carbocycles. The fraction of sp³-hybridized carbons (Fsp3) is 0.429. The maximum atomic E-state index is 12.2. The summed E-state index contributed by atoms with van der Waals surface area (Å²) in [5.41, 5.74) is 0.687. The zero-order valence-corrected chi connectivity index (χ0v) is 12.0. The summed E-state index contributed by atoms with van der Waals surface area (Å²) in [7, 11) is 4.35. The molecule has 0 unspecified atom stereocenters. The van der Waals surface area contributed by atoms with E-state index in [1.807, 2.05) is 0 Å². The molecule has 0 aliphatic carbocycles. The van der Waals surface area contributed by atoms with Crippen molar-refractivity contribution >= 4 is 11.8 Å². The average Bonchev–Trinajstić information content (AvgIpc) is 2.46. The molecule has 0 bridgehead atoms. The van der Waals surface area contributed by atoms with Gasteiger partial charge in [-0.2, -0.15) is 0 Å². The van der Waals surface area contributed by atoms with Crippen molar-refractivity contribution in [3.05, 3.63) is 23.3 Å². The van der Waals surface area contributed by atoms with Gasteiger partial charge in [-0.1, -0.05) is 0 Å². The first-order valence-electron chi connectivity index (χ1n) is 6.04. The van der Waals surface area contributed by atoms with E-state index < -0.39 is 11.8 Å². The summed E-state index contributed by atoms with van der Waals surface area (Å²) in [5, 5.41) is 0. The van der Waals surface area contributed by atoms with Crippen LogP contribution < -0.4 is 9.47 Å². The van der Waals surface area contributed by atoms with E-state index in [4.69, 9.17) is 18.9 Å². The Bertz CT molecular complexity index is 495. The number of hydrogen-bond donors (Lipinski definition) is 0. The first kappa shape index (κ1) is 16.0. The second-order valence-corrected chi connectivity index (χ2v) is 3.82. The van der Waals surface area contributed by atoms with Crippen LogP contribution in [-0.4, -0.2) is 39.7 Å². The minimum atomic E-state index is -0.946.